The van der Waals surface area contributed by atoms with Crippen molar-refractivity contribution in [2.24, 2.45) is 5.10 Å². The number of carboxylic acids is 1. The van der Waals surface area contributed by atoms with Crippen LogP contribution < -0.4 is 14.7 Å². The van der Waals surface area contributed by atoms with Crippen LogP contribution in [0.5, 0.6) is 5.75 Å². The number of hydrogen-bond donors (Lipinski definition) is 2. The van der Waals surface area contributed by atoms with Gasteiger partial charge < -0.3 is 9.84 Å². The summed E-state index contributed by atoms with van der Waals surface area (Å²) in [5, 5.41) is 12.5. The van der Waals surface area contributed by atoms with Gasteiger partial charge in [0.1, 0.15) is 5.75 Å². The second-order valence-electron chi connectivity index (χ2n) is 4.56. The molecule has 0 fully saturated rings. The van der Waals surface area contributed by atoms with E-state index in [2.05, 4.69) is 10.5 Å². The molecule has 0 atom stereocenters. The lowest BCUT2D eigenvalue weighted by molar-refractivity contribution is -0.684. The molecular formula is C16H16N3O4+. The first-order chi connectivity index (χ1) is 11.1. The molecule has 0 aliphatic heterocycles. The number of hydrazone groups is 1. The summed E-state index contributed by atoms with van der Waals surface area (Å²) in [5.41, 5.74) is 2.98. The van der Waals surface area contributed by atoms with Gasteiger partial charge >= 0.3 is 11.9 Å². The smallest absolute Gasteiger partial charge is 0.341 e. The Hall–Kier alpha value is -3.22. The highest BCUT2D eigenvalue weighted by molar-refractivity contribution is 5.85. The fourth-order valence-electron chi connectivity index (χ4n) is 1.77. The number of carbonyl (C=O) groups excluding carboxylic acids is 1. The van der Waals surface area contributed by atoms with Crippen molar-refractivity contribution in [3.8, 4) is 5.75 Å². The fourth-order valence-corrected chi connectivity index (χ4v) is 1.77. The van der Waals surface area contributed by atoms with E-state index in [-0.39, 0.29) is 12.5 Å². The van der Waals surface area contributed by atoms with Gasteiger partial charge in [0.15, 0.2) is 19.0 Å². The maximum atomic E-state index is 11.7. The Labute approximate surface area is 132 Å². The van der Waals surface area contributed by atoms with Crippen LogP contribution in [0.1, 0.15) is 5.56 Å². The molecule has 0 unspecified atom stereocenters. The molecule has 1 amide bonds. The monoisotopic (exact) mass is 314 g/mol. The van der Waals surface area contributed by atoms with Crippen molar-refractivity contribution in [2.75, 3.05) is 6.61 Å². The lowest BCUT2D eigenvalue weighted by Crippen LogP contribution is -2.40. The molecule has 23 heavy (non-hydrogen) atoms. The van der Waals surface area contributed by atoms with Crippen LogP contribution in [0.25, 0.3) is 0 Å². The van der Waals surface area contributed by atoms with E-state index in [9.17, 15) is 9.59 Å². The molecule has 0 aliphatic rings. The average molecular weight is 314 g/mol. The number of benzene rings is 1. The van der Waals surface area contributed by atoms with Gasteiger partial charge in [-0.25, -0.2) is 10.2 Å². The summed E-state index contributed by atoms with van der Waals surface area (Å²) in [6.07, 6.45) is 4.96. The molecule has 0 bridgehead atoms. The van der Waals surface area contributed by atoms with Crippen molar-refractivity contribution in [1.29, 1.82) is 0 Å². The zero-order valence-corrected chi connectivity index (χ0v) is 12.3. The Balaban J connectivity index is 1.92. The number of carboxylic acid groups (broad SMARTS) is 1. The van der Waals surface area contributed by atoms with Gasteiger partial charge in [0, 0.05) is 17.7 Å². The van der Waals surface area contributed by atoms with Gasteiger partial charge in [-0.05, 0) is 12.1 Å². The van der Waals surface area contributed by atoms with Crippen molar-refractivity contribution in [3.63, 3.8) is 0 Å². The van der Waals surface area contributed by atoms with Crippen molar-refractivity contribution < 1.29 is 24.0 Å². The van der Waals surface area contributed by atoms with E-state index < -0.39 is 12.6 Å². The summed E-state index contributed by atoms with van der Waals surface area (Å²) in [4.78, 5) is 22.3. The largest absolute Gasteiger partial charge is 0.481 e. The minimum atomic E-state index is -1.06. The number of hydrogen-bond acceptors (Lipinski definition) is 4. The Kier molecular flexibility index (Phi) is 5.81. The predicted octanol–water partition coefficient (Wildman–Crippen LogP) is 0.588. The summed E-state index contributed by atoms with van der Waals surface area (Å²) >= 11 is 0. The van der Waals surface area contributed by atoms with Gasteiger partial charge in [-0.15, -0.1) is 0 Å². The summed E-state index contributed by atoms with van der Waals surface area (Å²) in [6.45, 7) is -0.294. The standard InChI is InChI=1S/C16H15N3O4/c20-15(11-19-8-4-1-5-9-19)18-17-10-13-6-2-3-7-14(13)23-12-16(21)22/h1-10H,11-12H2,(H-,18,20,21,22)/p+1. The second kappa shape index (κ2) is 8.28. The molecule has 1 aromatic carbocycles. The lowest BCUT2D eigenvalue weighted by atomic mass is 10.2. The van der Waals surface area contributed by atoms with Crippen LogP contribution in [-0.2, 0) is 16.1 Å². The molecular weight excluding hydrogens is 298 g/mol. The summed E-state index contributed by atoms with van der Waals surface area (Å²) in [7, 11) is 0. The third-order valence-corrected chi connectivity index (χ3v) is 2.77. The van der Waals surface area contributed by atoms with Gasteiger partial charge in [-0.1, -0.05) is 18.2 Å². The molecule has 2 aromatic rings. The van der Waals surface area contributed by atoms with Gasteiger partial charge in [-0.3, -0.25) is 4.79 Å². The quantitative estimate of drug-likeness (QED) is 0.444. The van der Waals surface area contributed by atoms with Crippen LogP contribution in [0.3, 0.4) is 0 Å². The number of carbonyl (C=O) groups is 2. The van der Waals surface area contributed by atoms with Crippen LogP contribution in [0.4, 0.5) is 0 Å². The third kappa shape index (κ3) is 5.58. The Morgan fingerprint density at radius 3 is 2.65 bits per heavy atom. The number of nitrogens with one attached hydrogen (secondary N) is 1. The molecule has 0 saturated carbocycles. The SMILES string of the molecule is O=C(O)COc1ccccc1C=NNC(=O)C[n+]1ccccc1. The molecule has 2 N–H and O–H groups in total. The van der Waals surface area contributed by atoms with Crippen LogP contribution in [0, 0.1) is 0 Å². The van der Waals surface area contributed by atoms with Crippen molar-refractivity contribution in [2.45, 2.75) is 6.54 Å². The number of nitrogens with zero attached hydrogens (tertiary/aromatic N) is 2. The molecule has 0 spiro atoms. The summed E-state index contributed by atoms with van der Waals surface area (Å²) in [5.74, 6) is -0.961. The topological polar surface area (TPSA) is 91.9 Å². The zero-order valence-electron chi connectivity index (χ0n) is 12.3. The van der Waals surface area contributed by atoms with E-state index in [1.165, 1.54) is 6.21 Å². The molecule has 1 heterocycles. The van der Waals surface area contributed by atoms with Gasteiger partial charge in [0.25, 0.3) is 0 Å². The molecule has 7 heteroatoms. The highest BCUT2D eigenvalue weighted by Crippen LogP contribution is 2.15. The van der Waals surface area contributed by atoms with Crippen LogP contribution in [-0.4, -0.2) is 29.8 Å². The predicted molar refractivity (Wildman–Crippen MR) is 81.9 cm³/mol. The maximum absolute atomic E-state index is 11.7. The fraction of sp³-hybridized carbons (Fsp3) is 0.125. The number of rotatable bonds is 7. The van der Waals surface area contributed by atoms with Crippen molar-refractivity contribution >= 4 is 18.1 Å². The minimum absolute atomic E-state index is 0.148. The van der Waals surface area contributed by atoms with Gasteiger partial charge in [0.2, 0.25) is 6.54 Å². The third-order valence-electron chi connectivity index (χ3n) is 2.77. The maximum Gasteiger partial charge on any atom is 0.341 e. The van der Waals surface area contributed by atoms with Gasteiger partial charge in [-0.2, -0.15) is 9.67 Å². The average Bonchev–Trinajstić information content (AvgIpc) is 2.55. The molecule has 2 rings (SSSR count). The first-order valence-electron chi connectivity index (χ1n) is 6.85. The summed E-state index contributed by atoms with van der Waals surface area (Å²) in [6, 6.07) is 12.3. The van der Waals surface area contributed by atoms with E-state index in [0.29, 0.717) is 11.3 Å². The van der Waals surface area contributed by atoms with Crippen LogP contribution in [0.2, 0.25) is 0 Å². The number of pyridine rings is 1. The van der Waals surface area contributed by atoms with Crippen molar-refractivity contribution in [1.82, 2.24) is 5.43 Å². The summed E-state index contributed by atoms with van der Waals surface area (Å²) < 4.78 is 6.86. The van der Waals surface area contributed by atoms with Crippen LogP contribution >= 0.6 is 0 Å². The Bertz CT molecular complexity index is 701. The molecule has 7 nitrogen and oxygen atoms in total. The van der Waals surface area contributed by atoms with E-state index in [1.807, 2.05) is 18.2 Å². The van der Waals surface area contributed by atoms with Crippen LogP contribution in [0.15, 0.2) is 60.0 Å². The highest BCUT2D eigenvalue weighted by atomic mass is 16.5. The van der Waals surface area contributed by atoms with E-state index in [1.54, 1.807) is 41.2 Å². The lowest BCUT2D eigenvalue weighted by Gasteiger charge is -2.06. The van der Waals surface area contributed by atoms with E-state index >= 15 is 0 Å². The van der Waals surface area contributed by atoms with E-state index in [4.69, 9.17) is 9.84 Å². The number of aliphatic carboxylic acids is 1. The molecule has 118 valence electrons. The number of para-hydroxylation sites is 1. The molecule has 0 saturated heterocycles. The number of amides is 1. The molecule has 0 aliphatic carbocycles. The van der Waals surface area contributed by atoms with Gasteiger partial charge in [0.05, 0.1) is 6.21 Å². The Morgan fingerprint density at radius 2 is 1.91 bits per heavy atom. The number of ether oxygens (including phenoxy) is 1. The number of aromatic nitrogens is 1. The molecule has 0 radical (unpaired) electrons. The first kappa shape index (κ1) is 16.2. The minimum Gasteiger partial charge on any atom is -0.481 e. The Morgan fingerprint density at radius 1 is 1.17 bits per heavy atom. The zero-order chi connectivity index (χ0) is 16.5. The second-order valence-corrected chi connectivity index (χ2v) is 4.56. The van der Waals surface area contributed by atoms with E-state index in [0.717, 1.165) is 0 Å². The first-order valence-corrected chi connectivity index (χ1v) is 6.85. The highest BCUT2D eigenvalue weighted by Gasteiger charge is 2.07. The normalized spacial score (nSPS) is 10.4. The molecule has 1 aromatic heterocycles. The van der Waals surface area contributed by atoms with Crippen molar-refractivity contribution in [3.05, 3.63) is 60.4 Å².